The van der Waals surface area contributed by atoms with E-state index < -0.39 is 24.3 Å². The number of nitrogens with zero attached hydrogens (tertiary/aromatic N) is 1. The van der Waals surface area contributed by atoms with E-state index in [1.807, 2.05) is 21.1 Å². The zero-order chi connectivity index (χ0) is 64.7. The smallest absolute Gasteiger partial charge is 0.361 e. The second-order valence-corrected chi connectivity index (χ2v) is 25.8. The van der Waals surface area contributed by atoms with Gasteiger partial charge in [-0.2, -0.15) is 0 Å². The summed E-state index contributed by atoms with van der Waals surface area (Å²) in [5, 5.41) is 9.76. The molecule has 2 atom stereocenters. The van der Waals surface area contributed by atoms with Crippen LogP contribution in [0.5, 0.6) is 0 Å². The molecule has 0 fully saturated rings. The number of carbonyl (C=O) groups excluding carboxylic acids is 2. The maximum absolute atomic E-state index is 13.0. The van der Waals surface area contributed by atoms with Gasteiger partial charge in [-0.25, -0.2) is 4.79 Å². The summed E-state index contributed by atoms with van der Waals surface area (Å²) in [4.78, 5) is 37.7. The monoisotopic (exact) mass is 1240 g/mol. The first-order chi connectivity index (χ1) is 43.6. The molecule has 0 aliphatic rings. The molecule has 0 spiro atoms. The van der Waals surface area contributed by atoms with Crippen LogP contribution in [0.25, 0.3) is 0 Å². The number of quaternary nitrogens is 1. The Labute approximate surface area is 549 Å². The minimum atomic E-state index is -1.51. The van der Waals surface area contributed by atoms with E-state index >= 15 is 0 Å². The minimum Gasteiger partial charge on any atom is -0.477 e. The highest BCUT2D eigenvalue weighted by molar-refractivity contribution is 5.71. The van der Waals surface area contributed by atoms with E-state index in [2.05, 4.69) is 123 Å². The summed E-state index contributed by atoms with van der Waals surface area (Å²) in [6.07, 6.45) is 95.0. The first-order valence-electron chi connectivity index (χ1n) is 37.1. The number of unbranched alkanes of at least 4 members (excludes halogenated alkanes) is 35. The Kier molecular flexibility index (Phi) is 66.7. The molecular formula is C80H140NO8+. The molecule has 0 rings (SSSR count). The van der Waals surface area contributed by atoms with E-state index in [9.17, 15) is 19.5 Å². The van der Waals surface area contributed by atoms with Gasteiger partial charge in [0.15, 0.2) is 6.10 Å². The van der Waals surface area contributed by atoms with Crippen molar-refractivity contribution in [2.75, 3.05) is 47.5 Å². The van der Waals surface area contributed by atoms with Gasteiger partial charge in [-0.3, -0.25) is 9.59 Å². The molecule has 0 saturated carbocycles. The highest BCUT2D eigenvalue weighted by Crippen LogP contribution is 2.18. The Morgan fingerprint density at radius 1 is 0.337 bits per heavy atom. The lowest BCUT2D eigenvalue weighted by molar-refractivity contribution is -0.870. The Hall–Kier alpha value is -4.05. The molecule has 0 aromatic heterocycles. The molecule has 0 amide bonds. The Morgan fingerprint density at radius 3 is 0.899 bits per heavy atom. The van der Waals surface area contributed by atoms with Gasteiger partial charge >= 0.3 is 17.9 Å². The third-order valence-electron chi connectivity index (χ3n) is 16.0. The Bertz CT molecular complexity index is 1830. The highest BCUT2D eigenvalue weighted by atomic mass is 16.7. The lowest BCUT2D eigenvalue weighted by Crippen LogP contribution is -2.40. The number of likely N-dealkylation sites (N-methyl/N-ethyl adjacent to an activating group) is 1. The lowest BCUT2D eigenvalue weighted by Gasteiger charge is -2.25. The van der Waals surface area contributed by atoms with E-state index in [4.69, 9.17) is 18.9 Å². The zero-order valence-corrected chi connectivity index (χ0v) is 58.6. The molecule has 9 heteroatoms. The highest BCUT2D eigenvalue weighted by Gasteiger charge is 2.25. The van der Waals surface area contributed by atoms with E-state index in [0.29, 0.717) is 17.4 Å². The quantitative estimate of drug-likeness (QED) is 0.0211. The number of carboxylic acids is 1. The molecule has 1 N–H and O–H groups in total. The second-order valence-electron chi connectivity index (χ2n) is 25.8. The summed E-state index contributed by atoms with van der Waals surface area (Å²) < 4.78 is 23.0. The number of esters is 2. The molecule has 512 valence electrons. The van der Waals surface area contributed by atoms with Crippen molar-refractivity contribution >= 4 is 17.9 Å². The third-order valence-corrected chi connectivity index (χ3v) is 16.0. The molecular weight excluding hydrogens is 1100 g/mol. The van der Waals surface area contributed by atoms with E-state index in [-0.39, 0.29) is 32.2 Å². The molecule has 2 unspecified atom stereocenters. The fourth-order valence-corrected chi connectivity index (χ4v) is 10.4. The van der Waals surface area contributed by atoms with Gasteiger partial charge in [0.1, 0.15) is 13.2 Å². The average Bonchev–Trinajstić information content (AvgIpc) is 3.64. The number of carboxylic acid groups (broad SMARTS) is 1. The maximum Gasteiger partial charge on any atom is 0.361 e. The molecule has 0 saturated heterocycles. The van der Waals surface area contributed by atoms with Crippen LogP contribution in [-0.4, -0.2) is 87.4 Å². The summed E-state index contributed by atoms with van der Waals surface area (Å²) in [7, 11) is 5.98. The first-order valence-corrected chi connectivity index (χ1v) is 37.1. The van der Waals surface area contributed by atoms with Gasteiger partial charge in [0, 0.05) is 12.8 Å². The molecule has 0 aromatic carbocycles. The molecule has 0 aliphatic heterocycles. The van der Waals surface area contributed by atoms with Crippen LogP contribution in [0.3, 0.4) is 0 Å². The maximum atomic E-state index is 13.0. The van der Waals surface area contributed by atoms with Crippen LogP contribution in [0.2, 0.25) is 0 Å². The number of rotatable bonds is 68. The van der Waals surface area contributed by atoms with Crippen molar-refractivity contribution in [3.8, 4) is 0 Å². The van der Waals surface area contributed by atoms with E-state index in [1.54, 1.807) is 0 Å². The van der Waals surface area contributed by atoms with Crippen molar-refractivity contribution in [3.63, 3.8) is 0 Å². The van der Waals surface area contributed by atoms with Crippen LogP contribution in [0.1, 0.15) is 322 Å². The number of hydrogen-bond acceptors (Lipinski definition) is 7. The molecule has 89 heavy (non-hydrogen) atoms. The standard InChI is InChI=1S/C80H139NO8/c1-6-8-10-12-14-16-18-20-22-24-26-28-30-32-34-36-38-39-41-43-45-47-49-51-53-55-57-59-61-63-65-67-69-71-78(83)89-76(75-88-80(79(84)85)86-73-72-81(3,4)5)74-87-77(82)70-68-66-64-62-60-58-56-54-52-50-48-46-44-42-40-37-35-33-31-29-27-25-23-21-19-17-15-13-11-9-7-2/h8-11,14-17,20-23,26-29,32,34,76,80H,6-7,12-13,18-19,24-25,30-31,33,35-75H2,1-5H3/p+1/b10-8-,11-9-,16-14-,17-15-,22-20-,23-21-,28-26-,29-27-,34-32-. The molecule has 9 nitrogen and oxygen atoms in total. The van der Waals surface area contributed by atoms with E-state index in [1.165, 1.54) is 199 Å². The third kappa shape index (κ3) is 71.3. The number of hydrogen-bond donors (Lipinski definition) is 1. The van der Waals surface area contributed by atoms with Crippen molar-refractivity contribution in [1.29, 1.82) is 0 Å². The lowest BCUT2D eigenvalue weighted by atomic mass is 10.0. The summed E-state index contributed by atoms with van der Waals surface area (Å²) in [5.74, 6) is -1.99. The van der Waals surface area contributed by atoms with Crippen LogP contribution in [0, 0.1) is 0 Å². The molecule has 0 radical (unpaired) electrons. The van der Waals surface area contributed by atoms with Crippen LogP contribution < -0.4 is 0 Å². The van der Waals surface area contributed by atoms with Crippen molar-refractivity contribution in [2.45, 2.75) is 334 Å². The largest absolute Gasteiger partial charge is 0.477 e. The van der Waals surface area contributed by atoms with Crippen molar-refractivity contribution in [1.82, 2.24) is 0 Å². The topological polar surface area (TPSA) is 108 Å². The normalized spacial score (nSPS) is 13.3. The van der Waals surface area contributed by atoms with Crippen molar-refractivity contribution in [3.05, 3.63) is 109 Å². The van der Waals surface area contributed by atoms with Gasteiger partial charge in [-0.1, -0.05) is 322 Å². The molecule has 0 aromatic rings. The number of carbonyl (C=O) groups is 3. The number of aliphatic carboxylic acids is 1. The van der Waals surface area contributed by atoms with Gasteiger partial charge in [-0.15, -0.1) is 0 Å². The summed E-state index contributed by atoms with van der Waals surface area (Å²) in [5.41, 5.74) is 0. The SMILES string of the molecule is CC/C=C\C/C=C\C/C=C\C/C=C\C/C=C\CCCCCCCCCCCCCCCCCCCC(=O)OC(COC(=O)CCCCCCCCCCCCCCCCCCCC/C=C\C/C=C\C/C=C\C/C=C\CC)COC(OCC[N+](C)(C)C)C(=O)O. The van der Waals surface area contributed by atoms with Gasteiger partial charge < -0.3 is 28.5 Å². The van der Waals surface area contributed by atoms with Crippen LogP contribution in [0.15, 0.2) is 109 Å². The second kappa shape index (κ2) is 69.8. The predicted molar refractivity (Wildman–Crippen MR) is 382 cm³/mol. The van der Waals surface area contributed by atoms with Crippen molar-refractivity contribution in [2.24, 2.45) is 0 Å². The number of allylic oxidation sites excluding steroid dienone is 18. The van der Waals surface area contributed by atoms with Crippen LogP contribution in [0.4, 0.5) is 0 Å². The van der Waals surface area contributed by atoms with E-state index in [0.717, 1.165) is 96.3 Å². The summed E-state index contributed by atoms with van der Waals surface area (Å²) in [6, 6.07) is 0. The average molecular weight is 1240 g/mol. The molecule has 0 heterocycles. The zero-order valence-electron chi connectivity index (χ0n) is 58.6. The van der Waals surface area contributed by atoms with Gasteiger partial charge in [0.05, 0.1) is 34.4 Å². The Balaban J connectivity index is 4.06. The molecule has 0 bridgehead atoms. The molecule has 0 aliphatic carbocycles. The van der Waals surface area contributed by atoms with Gasteiger partial charge in [-0.05, 0) is 96.3 Å². The van der Waals surface area contributed by atoms with Crippen molar-refractivity contribution < 1.29 is 42.9 Å². The minimum absolute atomic E-state index is 0.182. The predicted octanol–water partition coefficient (Wildman–Crippen LogP) is 23.4. The summed E-state index contributed by atoms with van der Waals surface area (Å²) >= 11 is 0. The van der Waals surface area contributed by atoms with Gasteiger partial charge in [0.2, 0.25) is 0 Å². The Morgan fingerprint density at radius 2 is 0.607 bits per heavy atom. The first kappa shape index (κ1) is 85.0. The number of ether oxygens (including phenoxy) is 4. The van der Waals surface area contributed by atoms with Crippen LogP contribution in [-0.2, 0) is 33.3 Å². The van der Waals surface area contributed by atoms with Gasteiger partial charge in [0.25, 0.3) is 6.29 Å². The van der Waals surface area contributed by atoms with Crippen LogP contribution >= 0.6 is 0 Å². The fraction of sp³-hybridized carbons (Fsp3) is 0.738. The fourth-order valence-electron chi connectivity index (χ4n) is 10.4. The summed E-state index contributed by atoms with van der Waals surface area (Å²) in [6.45, 7) is 4.69.